The van der Waals surface area contributed by atoms with Gasteiger partial charge in [-0.15, -0.1) is 0 Å². The highest BCUT2D eigenvalue weighted by atomic mass is 32.2. The van der Waals surface area contributed by atoms with Gasteiger partial charge in [-0.05, 0) is 23.1 Å². The van der Waals surface area contributed by atoms with Crippen LogP contribution in [0.5, 0.6) is 0 Å². The van der Waals surface area contributed by atoms with Crippen molar-refractivity contribution in [2.75, 3.05) is 0 Å². The predicted molar refractivity (Wildman–Crippen MR) is 95.7 cm³/mol. The molecule has 0 radical (unpaired) electrons. The van der Waals surface area contributed by atoms with Gasteiger partial charge in [0.25, 0.3) is 0 Å². The van der Waals surface area contributed by atoms with Gasteiger partial charge < -0.3 is 0 Å². The summed E-state index contributed by atoms with van der Waals surface area (Å²) in [7, 11) is 0. The Labute approximate surface area is 140 Å². The third-order valence-electron chi connectivity index (χ3n) is 3.54. The van der Waals surface area contributed by atoms with Gasteiger partial charge in [-0.25, -0.2) is 0 Å². The van der Waals surface area contributed by atoms with Crippen molar-refractivity contribution in [1.82, 2.24) is 0 Å². The summed E-state index contributed by atoms with van der Waals surface area (Å²) < 4.78 is 1.05. The minimum Gasteiger partial charge on any atom is -0.289 e. The summed E-state index contributed by atoms with van der Waals surface area (Å²) in [4.78, 5) is 14.8. The monoisotopic (exact) mass is 326 g/mol. The van der Waals surface area contributed by atoms with Crippen molar-refractivity contribution in [3.05, 3.63) is 70.0 Å². The van der Waals surface area contributed by atoms with E-state index in [-0.39, 0.29) is 11.2 Å². The lowest BCUT2D eigenvalue weighted by atomic mass is 9.87. The van der Waals surface area contributed by atoms with E-state index in [1.807, 2.05) is 30.3 Å². The smallest absolute Gasteiger partial charge is 0.187 e. The molecule has 0 fully saturated rings. The molecule has 0 saturated carbocycles. The summed E-state index contributed by atoms with van der Waals surface area (Å²) in [6.45, 7) is 6.66. The van der Waals surface area contributed by atoms with Crippen molar-refractivity contribution in [2.24, 2.45) is 0 Å². The molecule has 3 rings (SSSR count). The van der Waals surface area contributed by atoms with Crippen LogP contribution in [0.15, 0.2) is 68.6 Å². The standard InChI is InChI=1S/C19H18OS2/c1-19(2,3)14-9-10-16-17(11-14)22-18(21-16)12-15(20)13-7-5-4-6-8-13/h4-12H,1-3H3/b18-12+. The Morgan fingerprint density at radius 1 is 0.955 bits per heavy atom. The van der Waals surface area contributed by atoms with Crippen LogP contribution in [0.4, 0.5) is 0 Å². The molecule has 2 aromatic rings. The minimum absolute atomic E-state index is 0.0689. The van der Waals surface area contributed by atoms with Crippen molar-refractivity contribution in [1.29, 1.82) is 0 Å². The van der Waals surface area contributed by atoms with Crippen LogP contribution >= 0.6 is 23.5 Å². The van der Waals surface area contributed by atoms with Crippen LogP contribution in [0, 0.1) is 0 Å². The maximum absolute atomic E-state index is 12.3. The fourth-order valence-electron chi connectivity index (χ4n) is 2.23. The van der Waals surface area contributed by atoms with Gasteiger partial charge in [0.2, 0.25) is 0 Å². The van der Waals surface area contributed by atoms with E-state index in [0.717, 1.165) is 9.80 Å². The number of benzene rings is 2. The number of hydrogen-bond acceptors (Lipinski definition) is 3. The summed E-state index contributed by atoms with van der Waals surface area (Å²) in [5, 5.41) is 0. The molecular weight excluding hydrogens is 308 g/mol. The Hall–Kier alpha value is -1.45. The molecule has 1 aliphatic heterocycles. The Morgan fingerprint density at radius 2 is 1.64 bits per heavy atom. The van der Waals surface area contributed by atoms with Crippen LogP contribution in [-0.2, 0) is 5.41 Å². The van der Waals surface area contributed by atoms with Crippen LogP contribution in [0.25, 0.3) is 0 Å². The van der Waals surface area contributed by atoms with Gasteiger partial charge in [0.1, 0.15) is 0 Å². The molecule has 0 N–H and O–H groups in total. The van der Waals surface area contributed by atoms with Crippen LogP contribution in [0.1, 0.15) is 36.7 Å². The van der Waals surface area contributed by atoms with Crippen molar-refractivity contribution < 1.29 is 4.79 Å². The van der Waals surface area contributed by atoms with Crippen LogP contribution in [0.2, 0.25) is 0 Å². The number of allylic oxidation sites excluding steroid dienone is 1. The predicted octanol–water partition coefficient (Wildman–Crippen LogP) is 5.91. The summed E-state index contributed by atoms with van der Waals surface area (Å²) in [5.41, 5.74) is 2.21. The second-order valence-electron chi connectivity index (χ2n) is 6.31. The molecule has 0 bridgehead atoms. The zero-order valence-electron chi connectivity index (χ0n) is 12.9. The van der Waals surface area contributed by atoms with Crippen LogP contribution < -0.4 is 0 Å². The van der Waals surface area contributed by atoms with Crippen molar-refractivity contribution in [2.45, 2.75) is 36.0 Å². The summed E-state index contributed by atoms with van der Waals surface area (Å²) in [6, 6.07) is 16.0. The molecule has 0 atom stereocenters. The molecule has 0 saturated heterocycles. The normalized spacial score (nSPS) is 15.9. The quantitative estimate of drug-likeness (QED) is 0.505. The average Bonchev–Trinajstić information content (AvgIpc) is 2.88. The first-order valence-electron chi connectivity index (χ1n) is 7.25. The van der Waals surface area contributed by atoms with Crippen molar-refractivity contribution >= 4 is 29.3 Å². The SMILES string of the molecule is CC(C)(C)c1ccc2c(c1)S/C(=C/C(=O)c1ccccc1)S2. The Morgan fingerprint density at radius 3 is 2.32 bits per heavy atom. The largest absolute Gasteiger partial charge is 0.289 e. The maximum Gasteiger partial charge on any atom is 0.187 e. The molecular formula is C19H18OS2. The van der Waals surface area contributed by atoms with E-state index in [1.54, 1.807) is 29.6 Å². The summed E-state index contributed by atoms with van der Waals surface area (Å²) in [6.07, 6.45) is 1.75. The number of fused-ring (bicyclic) bond motifs is 1. The zero-order valence-corrected chi connectivity index (χ0v) is 14.6. The van der Waals surface area contributed by atoms with Crippen molar-refractivity contribution in [3.63, 3.8) is 0 Å². The van der Waals surface area contributed by atoms with E-state index in [0.29, 0.717) is 0 Å². The lowest BCUT2D eigenvalue weighted by Crippen LogP contribution is -2.10. The van der Waals surface area contributed by atoms with Gasteiger partial charge in [0.05, 0.1) is 4.24 Å². The van der Waals surface area contributed by atoms with E-state index < -0.39 is 0 Å². The van der Waals surface area contributed by atoms with Gasteiger partial charge >= 0.3 is 0 Å². The molecule has 0 unspecified atom stereocenters. The van der Waals surface area contributed by atoms with E-state index in [4.69, 9.17) is 0 Å². The molecule has 3 heteroatoms. The molecule has 0 amide bonds. The zero-order chi connectivity index (χ0) is 15.7. The van der Waals surface area contributed by atoms with Gasteiger partial charge in [0.15, 0.2) is 5.78 Å². The Balaban J connectivity index is 1.82. The highest BCUT2D eigenvalue weighted by molar-refractivity contribution is 8.24. The maximum atomic E-state index is 12.3. The number of thioether (sulfide) groups is 2. The topological polar surface area (TPSA) is 17.1 Å². The van der Waals surface area contributed by atoms with Gasteiger partial charge in [-0.1, -0.05) is 80.7 Å². The lowest BCUT2D eigenvalue weighted by molar-refractivity contribution is 0.104. The molecule has 22 heavy (non-hydrogen) atoms. The second-order valence-corrected chi connectivity index (χ2v) is 8.74. The summed E-state index contributed by atoms with van der Waals surface area (Å²) >= 11 is 3.37. The lowest BCUT2D eigenvalue weighted by Gasteiger charge is -2.19. The second kappa shape index (κ2) is 5.98. The highest BCUT2D eigenvalue weighted by Gasteiger charge is 2.22. The van der Waals surface area contributed by atoms with Gasteiger partial charge in [-0.2, -0.15) is 0 Å². The van der Waals surface area contributed by atoms with Crippen LogP contribution in [0.3, 0.4) is 0 Å². The molecule has 0 spiro atoms. The Kier molecular flexibility index (Phi) is 4.20. The number of hydrogen-bond donors (Lipinski definition) is 0. The fraction of sp³-hybridized carbons (Fsp3) is 0.211. The van der Waals surface area contributed by atoms with Gasteiger partial charge in [0, 0.05) is 21.4 Å². The molecule has 1 heterocycles. The average molecular weight is 326 g/mol. The first-order valence-corrected chi connectivity index (χ1v) is 8.88. The van der Waals surface area contributed by atoms with Crippen molar-refractivity contribution in [3.8, 4) is 0 Å². The van der Waals surface area contributed by atoms with E-state index in [1.165, 1.54) is 15.4 Å². The molecule has 0 aromatic heterocycles. The number of rotatable bonds is 2. The first kappa shape index (κ1) is 15.4. The van der Waals surface area contributed by atoms with E-state index in [9.17, 15) is 4.79 Å². The Bertz CT molecular complexity index is 740. The van der Waals surface area contributed by atoms with Crippen LogP contribution in [-0.4, -0.2) is 5.78 Å². The molecule has 112 valence electrons. The molecule has 1 aliphatic rings. The summed E-state index contributed by atoms with van der Waals surface area (Å²) in [5.74, 6) is 0.0689. The minimum atomic E-state index is 0.0689. The van der Waals surface area contributed by atoms with E-state index >= 15 is 0 Å². The number of carbonyl (C=O) groups excluding carboxylic acids is 1. The number of ketones is 1. The first-order chi connectivity index (χ1) is 10.4. The fourth-order valence-corrected chi connectivity index (χ4v) is 4.60. The third kappa shape index (κ3) is 3.31. The number of carbonyl (C=O) groups is 1. The third-order valence-corrected chi connectivity index (χ3v) is 5.94. The molecule has 2 aromatic carbocycles. The van der Waals surface area contributed by atoms with Gasteiger partial charge in [-0.3, -0.25) is 4.79 Å². The van der Waals surface area contributed by atoms with E-state index in [2.05, 4.69) is 39.0 Å². The molecule has 0 aliphatic carbocycles. The molecule has 1 nitrogen and oxygen atoms in total. The highest BCUT2D eigenvalue weighted by Crippen LogP contribution is 2.51.